The molecule has 158 valence electrons. The highest BCUT2D eigenvalue weighted by molar-refractivity contribution is 7.89. The fraction of sp³-hybridized carbons (Fsp3) is 0.318. The van der Waals surface area contributed by atoms with E-state index in [9.17, 15) is 8.42 Å². The molecule has 1 saturated carbocycles. The molecule has 8 nitrogen and oxygen atoms in total. The van der Waals surface area contributed by atoms with Crippen LogP contribution in [-0.2, 0) is 14.9 Å². The van der Waals surface area contributed by atoms with Crippen molar-refractivity contribution < 1.29 is 13.3 Å². The lowest BCUT2D eigenvalue weighted by atomic mass is 10.0. The average Bonchev–Trinajstić information content (AvgIpc) is 3.65. The molecule has 1 atom stereocenters. The van der Waals surface area contributed by atoms with E-state index < -0.39 is 10.0 Å². The van der Waals surface area contributed by atoms with E-state index in [1.165, 1.54) is 22.6 Å². The number of nitrogens with one attached hydrogen (secondary N) is 1. The number of nitriles is 2. The fourth-order valence-corrected chi connectivity index (χ4v) is 4.80. The van der Waals surface area contributed by atoms with Crippen molar-refractivity contribution in [2.24, 2.45) is 5.92 Å². The Kier molecular flexibility index (Phi) is 6.01. The smallest absolute Gasteiger partial charge is 0.244 e. The lowest BCUT2D eigenvalue weighted by Crippen LogP contribution is -2.37. The quantitative estimate of drug-likeness (QED) is 0.664. The maximum Gasteiger partial charge on any atom is 0.244 e. The van der Waals surface area contributed by atoms with Crippen LogP contribution in [0, 0.1) is 28.6 Å². The zero-order valence-electron chi connectivity index (χ0n) is 16.7. The van der Waals surface area contributed by atoms with Crippen LogP contribution in [0.5, 0.6) is 0 Å². The van der Waals surface area contributed by atoms with Gasteiger partial charge < -0.3 is 0 Å². The highest BCUT2D eigenvalue weighted by atomic mass is 32.2. The van der Waals surface area contributed by atoms with Gasteiger partial charge in [-0.25, -0.2) is 13.4 Å². The predicted molar refractivity (Wildman–Crippen MR) is 111 cm³/mol. The fourth-order valence-electron chi connectivity index (χ4n) is 3.47. The largest absolute Gasteiger partial charge is 0.271 e. The van der Waals surface area contributed by atoms with Gasteiger partial charge in [-0.1, -0.05) is 12.1 Å². The van der Waals surface area contributed by atoms with Gasteiger partial charge in [0.2, 0.25) is 10.0 Å². The SMILES string of the molecule is N#Cc1cccc(C(ONC2=CCN(S(=O)(=O)c3ccc(C#N)nc3)CC2)C2CC2)c1. The Hall–Kier alpha value is -3.24. The van der Waals surface area contributed by atoms with Crippen molar-refractivity contribution in [2.45, 2.75) is 30.3 Å². The summed E-state index contributed by atoms with van der Waals surface area (Å²) in [6.45, 7) is 0.522. The van der Waals surface area contributed by atoms with Gasteiger partial charge in [-0.2, -0.15) is 14.8 Å². The normalized spacial score (nSPS) is 17.8. The van der Waals surface area contributed by atoms with Gasteiger partial charge in [-0.3, -0.25) is 10.3 Å². The topological polar surface area (TPSA) is 119 Å². The van der Waals surface area contributed by atoms with Gasteiger partial charge in [-0.05, 0) is 54.7 Å². The van der Waals surface area contributed by atoms with Crippen molar-refractivity contribution in [1.29, 1.82) is 10.5 Å². The molecular weight excluding hydrogens is 414 g/mol. The van der Waals surface area contributed by atoms with E-state index in [1.807, 2.05) is 24.3 Å². The highest BCUT2D eigenvalue weighted by Gasteiger charge is 2.34. The van der Waals surface area contributed by atoms with Crippen LogP contribution in [0.2, 0.25) is 0 Å². The molecule has 0 saturated heterocycles. The number of hydroxylamine groups is 1. The van der Waals surface area contributed by atoms with E-state index >= 15 is 0 Å². The zero-order valence-corrected chi connectivity index (χ0v) is 17.5. The molecule has 0 bridgehead atoms. The molecule has 1 aliphatic carbocycles. The second-order valence-electron chi connectivity index (χ2n) is 7.55. The summed E-state index contributed by atoms with van der Waals surface area (Å²) in [4.78, 5) is 9.90. The van der Waals surface area contributed by atoms with Crippen molar-refractivity contribution in [1.82, 2.24) is 14.8 Å². The van der Waals surface area contributed by atoms with Crippen molar-refractivity contribution in [2.75, 3.05) is 13.1 Å². The van der Waals surface area contributed by atoms with Crippen LogP contribution >= 0.6 is 0 Å². The number of nitrogens with zero attached hydrogens (tertiary/aromatic N) is 4. The second-order valence-corrected chi connectivity index (χ2v) is 9.49. The van der Waals surface area contributed by atoms with Crippen molar-refractivity contribution in [3.05, 3.63) is 71.2 Å². The van der Waals surface area contributed by atoms with Crippen LogP contribution in [0.1, 0.15) is 42.2 Å². The Morgan fingerprint density at radius 3 is 2.65 bits per heavy atom. The van der Waals surface area contributed by atoms with Crippen LogP contribution in [0.4, 0.5) is 0 Å². The van der Waals surface area contributed by atoms with Gasteiger partial charge in [0.05, 0.1) is 11.6 Å². The Morgan fingerprint density at radius 2 is 2.03 bits per heavy atom. The molecule has 1 aliphatic heterocycles. The third-order valence-electron chi connectivity index (χ3n) is 5.37. The van der Waals surface area contributed by atoms with Crippen LogP contribution in [0.25, 0.3) is 0 Å². The standard InChI is InChI=1S/C22H21N5O3S/c23-13-16-2-1-3-18(12-16)22(17-4-5-17)30-26-19-8-10-27(11-9-19)31(28,29)21-7-6-20(14-24)25-15-21/h1-3,6-8,12,15,17,22,26H,4-5,9-11H2. The van der Waals surface area contributed by atoms with E-state index in [0.717, 1.165) is 24.1 Å². The minimum atomic E-state index is -3.68. The van der Waals surface area contributed by atoms with E-state index in [-0.39, 0.29) is 23.2 Å². The number of aromatic nitrogens is 1. The Bertz CT molecular complexity index is 1170. The molecular formula is C22H21N5O3S. The van der Waals surface area contributed by atoms with Crippen LogP contribution < -0.4 is 5.48 Å². The number of hydrogen-bond donors (Lipinski definition) is 1. The van der Waals surface area contributed by atoms with E-state index in [2.05, 4.69) is 16.5 Å². The minimum absolute atomic E-state index is 0.0683. The molecule has 9 heteroatoms. The van der Waals surface area contributed by atoms with Crippen molar-refractivity contribution in [3.8, 4) is 12.1 Å². The molecule has 2 heterocycles. The van der Waals surface area contributed by atoms with E-state index in [4.69, 9.17) is 15.4 Å². The van der Waals surface area contributed by atoms with Crippen molar-refractivity contribution in [3.63, 3.8) is 0 Å². The number of benzene rings is 1. The third kappa shape index (κ3) is 4.75. The first-order valence-corrected chi connectivity index (χ1v) is 11.4. The number of pyridine rings is 1. The summed E-state index contributed by atoms with van der Waals surface area (Å²) in [5.74, 6) is 0.409. The summed E-state index contributed by atoms with van der Waals surface area (Å²) in [5, 5.41) is 18.0. The first kappa shape index (κ1) is 21.0. The molecule has 1 unspecified atom stereocenters. The predicted octanol–water partition coefficient (Wildman–Crippen LogP) is 2.78. The van der Waals surface area contributed by atoms with Gasteiger partial charge in [0.1, 0.15) is 22.8 Å². The average molecular weight is 436 g/mol. The van der Waals surface area contributed by atoms with Crippen molar-refractivity contribution >= 4 is 10.0 Å². The lowest BCUT2D eigenvalue weighted by Gasteiger charge is -2.27. The summed E-state index contributed by atoms with van der Waals surface area (Å²) >= 11 is 0. The van der Waals surface area contributed by atoms with Crippen LogP contribution in [0.15, 0.2) is 59.3 Å². The number of sulfonamides is 1. The second kappa shape index (κ2) is 8.86. The monoisotopic (exact) mass is 435 g/mol. The summed E-state index contributed by atoms with van der Waals surface area (Å²) in [5.41, 5.74) is 5.57. The molecule has 1 aromatic carbocycles. The molecule has 2 aliphatic rings. The van der Waals surface area contributed by atoms with Gasteiger partial charge >= 0.3 is 0 Å². The lowest BCUT2D eigenvalue weighted by molar-refractivity contribution is -0.0246. The Balaban J connectivity index is 1.40. The summed E-state index contributed by atoms with van der Waals surface area (Å²) in [6.07, 6.45) is 5.50. The molecule has 1 N–H and O–H groups in total. The molecule has 0 amide bonds. The number of rotatable bonds is 7. The highest BCUT2D eigenvalue weighted by Crippen LogP contribution is 2.43. The number of hydrogen-bond acceptors (Lipinski definition) is 7. The zero-order chi connectivity index (χ0) is 21.8. The molecule has 1 aromatic heterocycles. The van der Waals surface area contributed by atoms with Crippen LogP contribution in [0.3, 0.4) is 0 Å². The maximum atomic E-state index is 12.8. The van der Waals surface area contributed by atoms with Gasteiger partial charge in [-0.15, -0.1) is 0 Å². The summed E-state index contributed by atoms with van der Waals surface area (Å²) in [7, 11) is -3.68. The summed E-state index contributed by atoms with van der Waals surface area (Å²) in [6, 6.07) is 14.3. The molecule has 31 heavy (non-hydrogen) atoms. The molecule has 1 fully saturated rings. The molecule has 0 radical (unpaired) electrons. The first-order valence-electron chi connectivity index (χ1n) is 9.98. The van der Waals surface area contributed by atoms with Gasteiger partial charge in [0.25, 0.3) is 0 Å². The van der Waals surface area contributed by atoms with E-state index in [1.54, 1.807) is 12.1 Å². The first-order chi connectivity index (χ1) is 15.0. The third-order valence-corrected chi connectivity index (χ3v) is 7.22. The summed E-state index contributed by atoms with van der Waals surface area (Å²) < 4.78 is 27.0. The molecule has 4 rings (SSSR count). The Morgan fingerprint density at radius 1 is 1.19 bits per heavy atom. The molecule has 2 aromatic rings. The Labute approximate surface area is 181 Å². The molecule has 0 spiro atoms. The van der Waals surface area contributed by atoms with Gasteiger partial charge in [0.15, 0.2) is 0 Å². The van der Waals surface area contributed by atoms with Crippen LogP contribution in [-0.4, -0.2) is 30.8 Å². The maximum absolute atomic E-state index is 12.8. The minimum Gasteiger partial charge on any atom is -0.271 e. The van der Waals surface area contributed by atoms with E-state index in [0.29, 0.717) is 24.4 Å². The van der Waals surface area contributed by atoms with Gasteiger partial charge in [0, 0.05) is 31.4 Å².